The summed E-state index contributed by atoms with van der Waals surface area (Å²) in [6.07, 6.45) is 0. The zero-order chi connectivity index (χ0) is 12.5. The third-order valence-corrected chi connectivity index (χ3v) is 2.28. The van der Waals surface area contributed by atoms with Gasteiger partial charge in [-0.05, 0) is 5.56 Å². The highest BCUT2D eigenvalue weighted by Gasteiger charge is 2.18. The van der Waals surface area contributed by atoms with Gasteiger partial charge in [-0.1, -0.05) is 30.3 Å². The smallest absolute Gasteiger partial charge is 0.312 e. The Kier molecular flexibility index (Phi) is 6.24. The molecule has 0 heterocycles. The van der Waals surface area contributed by atoms with Gasteiger partial charge in [0, 0.05) is 13.7 Å². The summed E-state index contributed by atoms with van der Waals surface area (Å²) >= 11 is 0. The Morgan fingerprint density at radius 2 is 2.06 bits per heavy atom. The first kappa shape index (κ1) is 13.6. The molecule has 0 aromatic heterocycles. The van der Waals surface area contributed by atoms with Crippen molar-refractivity contribution in [3.63, 3.8) is 0 Å². The molecule has 0 aliphatic heterocycles. The van der Waals surface area contributed by atoms with Gasteiger partial charge in [-0.3, -0.25) is 9.63 Å². The minimum absolute atomic E-state index is 0.225. The van der Waals surface area contributed by atoms with Crippen molar-refractivity contribution in [2.75, 3.05) is 26.9 Å². The molecular weight excluding hydrogens is 222 g/mol. The third kappa shape index (κ3) is 4.95. The predicted molar refractivity (Wildman–Crippen MR) is 62.6 cm³/mol. The van der Waals surface area contributed by atoms with Crippen LogP contribution in [0, 0.1) is 0 Å². The highest BCUT2D eigenvalue weighted by molar-refractivity contribution is 5.76. The number of ether oxygens (including phenoxy) is 1. The standard InChI is InChI=1S/C12H17NO4/c1-16-7-8-17-13-9-11(12(14)15)10-5-3-2-4-6-10/h2-6,11,13H,7-9H2,1H3,(H,14,15). The van der Waals surface area contributed by atoms with Crippen LogP contribution in [0.2, 0.25) is 0 Å². The summed E-state index contributed by atoms with van der Waals surface area (Å²) in [5.41, 5.74) is 3.39. The van der Waals surface area contributed by atoms with Gasteiger partial charge in [-0.15, -0.1) is 0 Å². The summed E-state index contributed by atoms with van der Waals surface area (Å²) in [5.74, 6) is -1.49. The number of carbonyl (C=O) groups is 1. The summed E-state index contributed by atoms with van der Waals surface area (Å²) in [6, 6.07) is 9.06. The Morgan fingerprint density at radius 1 is 1.35 bits per heavy atom. The largest absolute Gasteiger partial charge is 0.481 e. The molecule has 1 aromatic rings. The molecular formula is C12H17NO4. The highest BCUT2D eigenvalue weighted by atomic mass is 16.7. The van der Waals surface area contributed by atoms with Crippen LogP contribution in [0.3, 0.4) is 0 Å². The monoisotopic (exact) mass is 239 g/mol. The Morgan fingerprint density at radius 3 is 2.65 bits per heavy atom. The van der Waals surface area contributed by atoms with Crippen molar-refractivity contribution in [2.45, 2.75) is 5.92 Å². The van der Waals surface area contributed by atoms with E-state index in [1.807, 2.05) is 18.2 Å². The Hall–Kier alpha value is -1.43. The SMILES string of the molecule is COCCONCC(C(=O)O)c1ccccc1. The molecule has 1 rings (SSSR count). The minimum atomic E-state index is -0.876. The fraction of sp³-hybridized carbons (Fsp3) is 0.417. The van der Waals surface area contributed by atoms with Crippen molar-refractivity contribution >= 4 is 5.97 Å². The second-order valence-electron chi connectivity index (χ2n) is 3.49. The minimum Gasteiger partial charge on any atom is -0.481 e. The first-order chi connectivity index (χ1) is 8.25. The number of aliphatic carboxylic acids is 1. The normalized spacial score (nSPS) is 12.3. The van der Waals surface area contributed by atoms with E-state index in [1.54, 1.807) is 19.2 Å². The molecule has 0 saturated heterocycles. The van der Waals surface area contributed by atoms with Crippen molar-refractivity contribution in [3.05, 3.63) is 35.9 Å². The quantitative estimate of drug-likeness (QED) is 0.523. The topological polar surface area (TPSA) is 67.8 Å². The fourth-order valence-electron chi connectivity index (χ4n) is 1.37. The number of benzene rings is 1. The van der Waals surface area contributed by atoms with E-state index in [0.717, 1.165) is 5.56 Å². The van der Waals surface area contributed by atoms with E-state index in [-0.39, 0.29) is 6.54 Å². The van der Waals surface area contributed by atoms with E-state index in [1.165, 1.54) is 0 Å². The van der Waals surface area contributed by atoms with Gasteiger partial charge in [-0.25, -0.2) is 5.48 Å². The van der Waals surface area contributed by atoms with Crippen LogP contribution in [0.1, 0.15) is 11.5 Å². The van der Waals surface area contributed by atoms with Crippen molar-refractivity contribution in [2.24, 2.45) is 0 Å². The molecule has 2 N–H and O–H groups in total. The number of hydroxylamine groups is 1. The number of nitrogens with one attached hydrogen (secondary N) is 1. The van der Waals surface area contributed by atoms with E-state index in [2.05, 4.69) is 5.48 Å². The summed E-state index contributed by atoms with van der Waals surface area (Å²) in [6.45, 7) is 1.08. The van der Waals surface area contributed by atoms with Gasteiger partial charge in [-0.2, -0.15) is 0 Å². The molecule has 0 bridgehead atoms. The molecule has 0 fully saturated rings. The van der Waals surface area contributed by atoms with Crippen molar-refractivity contribution in [3.8, 4) is 0 Å². The number of rotatable bonds is 8. The summed E-state index contributed by atoms with van der Waals surface area (Å²) in [7, 11) is 1.58. The van der Waals surface area contributed by atoms with E-state index in [0.29, 0.717) is 13.2 Å². The van der Waals surface area contributed by atoms with Gasteiger partial charge >= 0.3 is 5.97 Å². The number of hydrogen-bond acceptors (Lipinski definition) is 4. The lowest BCUT2D eigenvalue weighted by Crippen LogP contribution is -2.28. The molecule has 1 atom stereocenters. The van der Waals surface area contributed by atoms with Gasteiger partial charge < -0.3 is 9.84 Å². The van der Waals surface area contributed by atoms with Gasteiger partial charge in [0.05, 0.1) is 19.1 Å². The van der Waals surface area contributed by atoms with Gasteiger partial charge in [0.2, 0.25) is 0 Å². The van der Waals surface area contributed by atoms with Crippen LogP contribution in [0.5, 0.6) is 0 Å². The van der Waals surface area contributed by atoms with E-state index < -0.39 is 11.9 Å². The molecule has 5 nitrogen and oxygen atoms in total. The second-order valence-corrected chi connectivity index (χ2v) is 3.49. The molecule has 0 saturated carbocycles. The maximum Gasteiger partial charge on any atom is 0.312 e. The number of methoxy groups -OCH3 is 1. The van der Waals surface area contributed by atoms with Crippen molar-refractivity contribution in [1.82, 2.24) is 5.48 Å². The van der Waals surface area contributed by atoms with Crippen molar-refractivity contribution < 1.29 is 19.5 Å². The first-order valence-corrected chi connectivity index (χ1v) is 5.37. The number of carboxylic acids is 1. The Balaban J connectivity index is 2.42. The molecule has 5 heteroatoms. The first-order valence-electron chi connectivity index (χ1n) is 5.37. The maximum absolute atomic E-state index is 11.1. The molecule has 1 aromatic carbocycles. The average Bonchev–Trinajstić information content (AvgIpc) is 2.34. The Bertz CT molecular complexity index is 329. The lowest BCUT2D eigenvalue weighted by Gasteiger charge is -2.13. The van der Waals surface area contributed by atoms with Gasteiger partial charge in [0.15, 0.2) is 0 Å². The fourth-order valence-corrected chi connectivity index (χ4v) is 1.37. The van der Waals surface area contributed by atoms with E-state index in [9.17, 15) is 4.79 Å². The molecule has 0 radical (unpaired) electrons. The van der Waals surface area contributed by atoms with Crippen LogP contribution in [-0.4, -0.2) is 37.9 Å². The second kappa shape index (κ2) is 7.78. The van der Waals surface area contributed by atoms with Gasteiger partial charge in [0.1, 0.15) is 0 Å². The third-order valence-electron chi connectivity index (χ3n) is 2.28. The van der Waals surface area contributed by atoms with Crippen LogP contribution >= 0.6 is 0 Å². The van der Waals surface area contributed by atoms with E-state index in [4.69, 9.17) is 14.7 Å². The molecule has 0 amide bonds. The lowest BCUT2D eigenvalue weighted by atomic mass is 10.00. The Labute approximate surface area is 100 Å². The molecule has 94 valence electrons. The highest BCUT2D eigenvalue weighted by Crippen LogP contribution is 2.14. The van der Waals surface area contributed by atoms with Crippen LogP contribution in [0.4, 0.5) is 0 Å². The molecule has 0 spiro atoms. The molecule has 0 aliphatic carbocycles. The van der Waals surface area contributed by atoms with Crippen LogP contribution in [0.25, 0.3) is 0 Å². The summed E-state index contributed by atoms with van der Waals surface area (Å²) < 4.78 is 4.80. The number of carboxylic acid groups (broad SMARTS) is 1. The maximum atomic E-state index is 11.1. The molecule has 1 unspecified atom stereocenters. The van der Waals surface area contributed by atoms with Gasteiger partial charge in [0.25, 0.3) is 0 Å². The van der Waals surface area contributed by atoms with E-state index >= 15 is 0 Å². The summed E-state index contributed by atoms with van der Waals surface area (Å²) in [4.78, 5) is 16.1. The zero-order valence-corrected chi connectivity index (χ0v) is 9.76. The number of hydrogen-bond donors (Lipinski definition) is 2. The zero-order valence-electron chi connectivity index (χ0n) is 9.76. The lowest BCUT2D eigenvalue weighted by molar-refractivity contribution is -0.139. The predicted octanol–water partition coefficient (Wildman–Crippen LogP) is 1.02. The van der Waals surface area contributed by atoms with Crippen LogP contribution in [-0.2, 0) is 14.4 Å². The average molecular weight is 239 g/mol. The molecule has 17 heavy (non-hydrogen) atoms. The van der Waals surface area contributed by atoms with Crippen LogP contribution in [0.15, 0.2) is 30.3 Å². The summed E-state index contributed by atoms with van der Waals surface area (Å²) in [5, 5.41) is 9.11. The molecule has 0 aliphatic rings. The van der Waals surface area contributed by atoms with Crippen LogP contribution < -0.4 is 5.48 Å². The van der Waals surface area contributed by atoms with Crippen molar-refractivity contribution in [1.29, 1.82) is 0 Å².